The minimum absolute atomic E-state index is 0.310. The Hall–Kier alpha value is -4.03. The van der Waals surface area contributed by atoms with Crippen molar-refractivity contribution in [2.45, 2.75) is 44.6 Å². The number of carbonyl (C=O) groups is 1. The van der Waals surface area contributed by atoms with Gasteiger partial charge in [-0.3, -0.25) is 0 Å². The van der Waals surface area contributed by atoms with Crippen molar-refractivity contribution in [3.63, 3.8) is 0 Å². The van der Waals surface area contributed by atoms with Gasteiger partial charge in [0, 0.05) is 35.1 Å². The van der Waals surface area contributed by atoms with Crippen LogP contribution in [0.3, 0.4) is 0 Å². The number of carboxylic acids is 1. The number of allylic oxidation sites excluding steroid dienone is 1. The molecule has 0 atom stereocenters. The molecule has 1 aliphatic heterocycles. The third-order valence-electron chi connectivity index (χ3n) is 8.57. The lowest BCUT2D eigenvalue weighted by molar-refractivity contribution is 0.0697. The first-order chi connectivity index (χ1) is 19.9. The van der Waals surface area contributed by atoms with Gasteiger partial charge in [0.25, 0.3) is 0 Å². The summed E-state index contributed by atoms with van der Waals surface area (Å²) in [5, 5.41) is 11.1. The molecule has 1 aliphatic carbocycles. The van der Waals surface area contributed by atoms with Crippen molar-refractivity contribution in [1.82, 2.24) is 9.47 Å². The zero-order valence-corrected chi connectivity index (χ0v) is 24.2. The maximum absolute atomic E-state index is 12.1. The normalized spacial score (nSPS) is 15.3. The Morgan fingerprint density at radius 2 is 1.80 bits per heavy atom. The quantitative estimate of drug-likeness (QED) is 0.245. The second-order valence-corrected chi connectivity index (χ2v) is 11.5. The number of hydrogen-bond donors (Lipinski definition) is 1. The summed E-state index contributed by atoms with van der Waals surface area (Å²) >= 11 is 0. The first kappa shape index (κ1) is 27.2. The molecular formula is C35H38N2O4. The summed E-state index contributed by atoms with van der Waals surface area (Å²) in [5.41, 5.74) is 8.25. The van der Waals surface area contributed by atoms with Crippen molar-refractivity contribution in [2.75, 3.05) is 34.4 Å². The van der Waals surface area contributed by atoms with Gasteiger partial charge < -0.3 is 24.0 Å². The molecule has 1 aromatic heterocycles. The largest absolute Gasteiger partial charge is 0.497 e. The Morgan fingerprint density at radius 3 is 2.56 bits per heavy atom. The Balaban J connectivity index is 1.59. The highest BCUT2D eigenvalue weighted by Crippen LogP contribution is 2.48. The van der Waals surface area contributed by atoms with Gasteiger partial charge in [0.15, 0.2) is 0 Å². The number of aromatic carboxylic acids is 1. The maximum atomic E-state index is 12.1. The SMILES string of the molecule is COc1ccc2c(c1)C=C(c1ccccc1OCCN(C)C)Cn1c-2c(C2CCCCC2)c2ccc(C(=O)O)cc21. The van der Waals surface area contributed by atoms with Crippen molar-refractivity contribution >= 4 is 28.5 Å². The Bertz CT molecular complexity index is 1620. The number of ether oxygens (including phenoxy) is 2. The second-order valence-electron chi connectivity index (χ2n) is 11.5. The zero-order chi connectivity index (χ0) is 28.5. The van der Waals surface area contributed by atoms with E-state index in [1.54, 1.807) is 13.2 Å². The van der Waals surface area contributed by atoms with E-state index >= 15 is 0 Å². The van der Waals surface area contributed by atoms with Crippen LogP contribution in [-0.4, -0.2) is 54.9 Å². The Labute approximate surface area is 241 Å². The lowest BCUT2D eigenvalue weighted by Crippen LogP contribution is -2.19. The molecule has 41 heavy (non-hydrogen) atoms. The molecule has 0 unspecified atom stereocenters. The fraction of sp³-hybridized carbons (Fsp3) is 0.343. The predicted molar refractivity (Wildman–Crippen MR) is 165 cm³/mol. The highest BCUT2D eigenvalue weighted by atomic mass is 16.5. The minimum Gasteiger partial charge on any atom is -0.497 e. The highest BCUT2D eigenvalue weighted by molar-refractivity contribution is 6.01. The molecule has 6 heteroatoms. The van der Waals surface area contributed by atoms with Crippen LogP contribution in [0.4, 0.5) is 0 Å². The van der Waals surface area contributed by atoms with Gasteiger partial charge in [0.1, 0.15) is 18.1 Å². The number of hydrogen-bond acceptors (Lipinski definition) is 4. The average Bonchev–Trinajstić information content (AvgIpc) is 3.20. The lowest BCUT2D eigenvalue weighted by Gasteiger charge is -2.24. The summed E-state index contributed by atoms with van der Waals surface area (Å²) in [6.07, 6.45) is 8.29. The minimum atomic E-state index is -0.907. The first-order valence-corrected chi connectivity index (χ1v) is 14.6. The van der Waals surface area contributed by atoms with E-state index < -0.39 is 5.97 Å². The molecule has 6 nitrogen and oxygen atoms in total. The van der Waals surface area contributed by atoms with E-state index in [9.17, 15) is 9.90 Å². The zero-order valence-electron chi connectivity index (χ0n) is 24.2. The van der Waals surface area contributed by atoms with Gasteiger partial charge in [0.05, 0.1) is 18.4 Å². The van der Waals surface area contributed by atoms with Crippen LogP contribution in [0.5, 0.6) is 11.5 Å². The van der Waals surface area contributed by atoms with Crippen LogP contribution in [0.1, 0.15) is 65.1 Å². The van der Waals surface area contributed by atoms with Crippen molar-refractivity contribution < 1.29 is 19.4 Å². The molecule has 2 aliphatic rings. The first-order valence-electron chi connectivity index (χ1n) is 14.6. The van der Waals surface area contributed by atoms with Gasteiger partial charge in [-0.15, -0.1) is 0 Å². The van der Waals surface area contributed by atoms with E-state index in [0.29, 0.717) is 24.6 Å². The monoisotopic (exact) mass is 550 g/mol. The van der Waals surface area contributed by atoms with E-state index in [4.69, 9.17) is 9.47 Å². The van der Waals surface area contributed by atoms with E-state index in [-0.39, 0.29) is 0 Å². The topological polar surface area (TPSA) is 63.9 Å². The molecule has 212 valence electrons. The van der Waals surface area contributed by atoms with E-state index in [1.165, 1.54) is 30.5 Å². The number of likely N-dealkylation sites (N-methyl/N-ethyl adjacent to an activating group) is 1. The van der Waals surface area contributed by atoms with Crippen LogP contribution >= 0.6 is 0 Å². The van der Waals surface area contributed by atoms with Crippen LogP contribution in [0.25, 0.3) is 33.8 Å². The average molecular weight is 551 g/mol. The van der Waals surface area contributed by atoms with E-state index in [2.05, 4.69) is 39.8 Å². The van der Waals surface area contributed by atoms with Crippen LogP contribution in [-0.2, 0) is 6.54 Å². The number of carboxylic acid groups (broad SMARTS) is 1. The number of benzene rings is 3. The summed E-state index contributed by atoms with van der Waals surface area (Å²) in [4.78, 5) is 14.2. The number of para-hydroxylation sites is 1. The van der Waals surface area contributed by atoms with Gasteiger partial charge in [-0.2, -0.15) is 0 Å². The predicted octanol–water partition coefficient (Wildman–Crippen LogP) is 7.56. The van der Waals surface area contributed by atoms with Gasteiger partial charge >= 0.3 is 5.97 Å². The number of aromatic nitrogens is 1. The molecule has 4 aromatic rings. The van der Waals surface area contributed by atoms with E-state index in [1.807, 2.05) is 44.4 Å². The number of fused-ring (bicyclic) bond motifs is 5. The summed E-state index contributed by atoms with van der Waals surface area (Å²) in [5.74, 6) is 1.20. The summed E-state index contributed by atoms with van der Waals surface area (Å²) in [7, 11) is 5.79. The molecule has 3 aromatic carbocycles. The molecular weight excluding hydrogens is 512 g/mol. The molecule has 0 amide bonds. The molecule has 0 radical (unpaired) electrons. The van der Waals surface area contributed by atoms with Crippen molar-refractivity contribution in [2.24, 2.45) is 0 Å². The third kappa shape index (κ3) is 5.24. The third-order valence-corrected chi connectivity index (χ3v) is 8.57. The van der Waals surface area contributed by atoms with Crippen molar-refractivity contribution in [3.8, 4) is 22.8 Å². The van der Waals surface area contributed by atoms with Crippen molar-refractivity contribution in [3.05, 3.63) is 82.9 Å². The van der Waals surface area contributed by atoms with Crippen LogP contribution in [0.15, 0.2) is 60.7 Å². The fourth-order valence-corrected chi connectivity index (χ4v) is 6.53. The van der Waals surface area contributed by atoms with Crippen molar-refractivity contribution in [1.29, 1.82) is 0 Å². The standard InChI is InChI=1S/C35H38N2O4/c1-36(2)17-18-41-32-12-8-7-11-28(32)26-19-25-20-27(40-3)14-16-29(25)34-33(23-9-5-4-6-10-23)30-15-13-24(35(38)39)21-31(30)37(34)22-26/h7-8,11-16,19-21,23H,4-6,9-10,17-18,22H2,1-3H3,(H,38,39). The second kappa shape index (κ2) is 11.5. The molecule has 1 saturated carbocycles. The van der Waals surface area contributed by atoms with Gasteiger partial charge in [-0.25, -0.2) is 4.79 Å². The molecule has 1 fully saturated rings. The molecule has 0 spiro atoms. The smallest absolute Gasteiger partial charge is 0.335 e. The van der Waals surface area contributed by atoms with Crippen LogP contribution in [0, 0.1) is 0 Å². The number of methoxy groups -OCH3 is 1. The van der Waals surface area contributed by atoms with E-state index in [0.717, 1.165) is 64.1 Å². The molecule has 6 rings (SSSR count). The molecule has 1 N–H and O–H groups in total. The van der Waals surface area contributed by atoms with Gasteiger partial charge in [0.2, 0.25) is 0 Å². The molecule has 0 saturated heterocycles. The Kier molecular flexibility index (Phi) is 7.59. The van der Waals surface area contributed by atoms with Crippen LogP contribution < -0.4 is 9.47 Å². The lowest BCUT2D eigenvalue weighted by atomic mass is 9.81. The molecule has 2 heterocycles. The summed E-state index contributed by atoms with van der Waals surface area (Å²) in [6.45, 7) is 2.02. The van der Waals surface area contributed by atoms with Crippen LogP contribution in [0.2, 0.25) is 0 Å². The molecule has 0 bridgehead atoms. The number of nitrogens with zero attached hydrogens (tertiary/aromatic N) is 2. The summed E-state index contributed by atoms with van der Waals surface area (Å²) < 4.78 is 14.3. The van der Waals surface area contributed by atoms with Gasteiger partial charge in [-0.1, -0.05) is 43.5 Å². The van der Waals surface area contributed by atoms with Gasteiger partial charge in [-0.05, 0) is 92.0 Å². The Morgan fingerprint density at radius 1 is 1.00 bits per heavy atom. The number of rotatable bonds is 8. The highest BCUT2D eigenvalue weighted by Gasteiger charge is 2.30. The summed E-state index contributed by atoms with van der Waals surface area (Å²) in [6, 6.07) is 20.2. The fourth-order valence-electron chi connectivity index (χ4n) is 6.53. The maximum Gasteiger partial charge on any atom is 0.335 e.